The highest BCUT2D eigenvalue weighted by molar-refractivity contribution is 7.17. The molecule has 8 heteroatoms. The normalized spacial score (nSPS) is 12.7. The molecule has 0 atom stereocenters. The van der Waals surface area contributed by atoms with E-state index in [0.29, 0.717) is 10.6 Å². The van der Waals surface area contributed by atoms with E-state index >= 15 is 0 Å². The SMILES string of the molecule is NC(=O)CCOC(=O)c1c(NC(=O)c2ccco2)sc2c1CCC2. The van der Waals surface area contributed by atoms with E-state index in [1.807, 2.05) is 0 Å². The van der Waals surface area contributed by atoms with Crippen molar-refractivity contribution in [1.29, 1.82) is 0 Å². The largest absolute Gasteiger partial charge is 0.461 e. The molecule has 3 rings (SSSR count). The van der Waals surface area contributed by atoms with Crippen molar-refractivity contribution in [2.24, 2.45) is 5.73 Å². The number of hydrogen-bond donors (Lipinski definition) is 2. The highest BCUT2D eigenvalue weighted by Gasteiger charge is 2.29. The average Bonchev–Trinajstić information content (AvgIpc) is 3.23. The minimum Gasteiger partial charge on any atom is -0.461 e. The number of fused-ring (bicyclic) bond motifs is 1. The van der Waals surface area contributed by atoms with E-state index in [4.69, 9.17) is 14.9 Å². The second-order valence-electron chi connectivity index (χ2n) is 5.35. The molecule has 0 fully saturated rings. The molecule has 0 radical (unpaired) electrons. The first kappa shape index (κ1) is 16.3. The highest BCUT2D eigenvalue weighted by atomic mass is 32.1. The molecule has 1 aliphatic rings. The van der Waals surface area contributed by atoms with Gasteiger partial charge in [0.2, 0.25) is 5.91 Å². The number of aryl methyl sites for hydroxylation is 1. The lowest BCUT2D eigenvalue weighted by Crippen LogP contribution is -2.18. The van der Waals surface area contributed by atoms with Gasteiger partial charge in [-0.2, -0.15) is 0 Å². The van der Waals surface area contributed by atoms with E-state index in [9.17, 15) is 14.4 Å². The summed E-state index contributed by atoms with van der Waals surface area (Å²) in [5.41, 5.74) is 6.33. The molecule has 2 aromatic heterocycles. The fraction of sp³-hybridized carbons (Fsp3) is 0.312. The second kappa shape index (κ2) is 6.88. The Morgan fingerprint density at radius 1 is 1.33 bits per heavy atom. The fourth-order valence-electron chi connectivity index (χ4n) is 2.60. The molecule has 1 aliphatic carbocycles. The van der Waals surface area contributed by atoms with Crippen molar-refractivity contribution >= 4 is 34.1 Å². The number of hydrogen-bond acceptors (Lipinski definition) is 6. The van der Waals surface area contributed by atoms with Crippen LogP contribution in [0.25, 0.3) is 0 Å². The molecule has 0 unspecified atom stereocenters. The summed E-state index contributed by atoms with van der Waals surface area (Å²) in [7, 11) is 0. The summed E-state index contributed by atoms with van der Waals surface area (Å²) in [5, 5.41) is 3.17. The molecule has 0 aromatic carbocycles. The molecule has 24 heavy (non-hydrogen) atoms. The zero-order valence-corrected chi connectivity index (χ0v) is 13.6. The Balaban J connectivity index is 1.80. The van der Waals surface area contributed by atoms with Crippen LogP contribution in [0.4, 0.5) is 5.00 Å². The van der Waals surface area contributed by atoms with Gasteiger partial charge in [0.1, 0.15) is 11.6 Å². The molecule has 0 spiro atoms. The number of primary amides is 1. The molecule has 0 saturated heterocycles. The minimum absolute atomic E-state index is 0.0356. The first-order valence-electron chi connectivity index (χ1n) is 7.51. The van der Waals surface area contributed by atoms with Crippen LogP contribution in [0.2, 0.25) is 0 Å². The summed E-state index contributed by atoms with van der Waals surface area (Å²) < 4.78 is 10.2. The van der Waals surface area contributed by atoms with Crippen LogP contribution in [0.5, 0.6) is 0 Å². The molecule has 2 heterocycles. The molecule has 3 N–H and O–H groups in total. The lowest BCUT2D eigenvalue weighted by Gasteiger charge is -2.07. The number of nitrogens with one attached hydrogen (secondary N) is 1. The average molecular weight is 348 g/mol. The molecule has 0 aliphatic heterocycles. The topological polar surface area (TPSA) is 112 Å². The van der Waals surface area contributed by atoms with E-state index < -0.39 is 17.8 Å². The smallest absolute Gasteiger partial charge is 0.341 e. The van der Waals surface area contributed by atoms with Crippen LogP contribution in [0.3, 0.4) is 0 Å². The molecule has 2 amide bonds. The Bertz CT molecular complexity index is 779. The summed E-state index contributed by atoms with van der Waals surface area (Å²) >= 11 is 1.38. The monoisotopic (exact) mass is 348 g/mol. The molecule has 7 nitrogen and oxygen atoms in total. The Labute approximate surface area is 141 Å². The van der Waals surface area contributed by atoms with E-state index in [-0.39, 0.29) is 18.8 Å². The second-order valence-corrected chi connectivity index (χ2v) is 6.45. The van der Waals surface area contributed by atoms with Crippen LogP contribution in [0, 0.1) is 0 Å². The van der Waals surface area contributed by atoms with Crippen molar-refractivity contribution in [2.45, 2.75) is 25.7 Å². The van der Waals surface area contributed by atoms with Gasteiger partial charge in [-0.25, -0.2) is 4.79 Å². The number of amides is 2. The summed E-state index contributed by atoms with van der Waals surface area (Å²) in [4.78, 5) is 36.4. The van der Waals surface area contributed by atoms with Crippen molar-refractivity contribution in [3.05, 3.63) is 40.2 Å². The van der Waals surface area contributed by atoms with Gasteiger partial charge >= 0.3 is 5.97 Å². The predicted molar refractivity (Wildman–Crippen MR) is 87.1 cm³/mol. The van der Waals surface area contributed by atoms with Gasteiger partial charge in [0.15, 0.2) is 5.76 Å². The van der Waals surface area contributed by atoms with Gasteiger partial charge in [-0.15, -0.1) is 11.3 Å². The van der Waals surface area contributed by atoms with E-state index in [1.165, 1.54) is 17.6 Å². The Morgan fingerprint density at radius 2 is 2.17 bits per heavy atom. The number of ether oxygens (including phenoxy) is 1. The van der Waals surface area contributed by atoms with Crippen LogP contribution < -0.4 is 11.1 Å². The zero-order chi connectivity index (χ0) is 17.1. The van der Waals surface area contributed by atoms with E-state index in [2.05, 4.69) is 5.32 Å². The molecule has 0 bridgehead atoms. The molecular weight excluding hydrogens is 332 g/mol. The van der Waals surface area contributed by atoms with Gasteiger partial charge in [0.05, 0.1) is 18.2 Å². The number of carbonyl (C=O) groups excluding carboxylic acids is 3. The van der Waals surface area contributed by atoms with Gasteiger partial charge in [0.25, 0.3) is 5.91 Å². The van der Waals surface area contributed by atoms with Crippen LogP contribution >= 0.6 is 11.3 Å². The third-order valence-electron chi connectivity index (χ3n) is 3.68. The van der Waals surface area contributed by atoms with Gasteiger partial charge < -0.3 is 20.2 Å². The number of esters is 1. The van der Waals surface area contributed by atoms with E-state index in [0.717, 1.165) is 29.7 Å². The third-order valence-corrected chi connectivity index (χ3v) is 4.89. The fourth-order valence-corrected chi connectivity index (χ4v) is 3.87. The third kappa shape index (κ3) is 3.33. The van der Waals surface area contributed by atoms with Gasteiger partial charge in [-0.1, -0.05) is 0 Å². The summed E-state index contributed by atoms with van der Waals surface area (Å²) in [6.07, 6.45) is 3.98. The van der Waals surface area contributed by atoms with E-state index in [1.54, 1.807) is 12.1 Å². The zero-order valence-electron chi connectivity index (χ0n) is 12.8. The maximum atomic E-state index is 12.4. The Morgan fingerprint density at radius 3 is 2.88 bits per heavy atom. The number of furan rings is 1. The first-order chi connectivity index (χ1) is 11.6. The maximum Gasteiger partial charge on any atom is 0.341 e. The molecule has 0 saturated carbocycles. The highest BCUT2D eigenvalue weighted by Crippen LogP contribution is 2.39. The Hall–Kier alpha value is -2.61. The van der Waals surface area contributed by atoms with Gasteiger partial charge in [-0.05, 0) is 37.0 Å². The van der Waals surface area contributed by atoms with Crippen molar-refractivity contribution in [3.63, 3.8) is 0 Å². The summed E-state index contributed by atoms with van der Waals surface area (Å²) in [5.74, 6) is -1.35. The number of rotatable bonds is 6. The van der Waals surface area contributed by atoms with Crippen molar-refractivity contribution in [1.82, 2.24) is 0 Å². The quantitative estimate of drug-likeness (QED) is 0.777. The predicted octanol–water partition coefficient (Wildman–Crippen LogP) is 2.11. The molecule has 126 valence electrons. The van der Waals surface area contributed by atoms with Crippen LogP contribution in [-0.4, -0.2) is 24.4 Å². The van der Waals surface area contributed by atoms with Crippen molar-refractivity contribution in [3.8, 4) is 0 Å². The maximum absolute atomic E-state index is 12.4. The van der Waals surface area contributed by atoms with Crippen LogP contribution in [-0.2, 0) is 22.4 Å². The Kier molecular flexibility index (Phi) is 4.66. The molecular formula is C16H16N2O5S. The van der Waals surface area contributed by atoms with Gasteiger partial charge in [-0.3, -0.25) is 9.59 Å². The summed E-state index contributed by atoms with van der Waals surface area (Å²) in [6.45, 7) is -0.0790. The lowest BCUT2D eigenvalue weighted by molar-refractivity contribution is -0.118. The van der Waals surface area contributed by atoms with Crippen LogP contribution in [0.1, 0.15) is 44.2 Å². The number of carbonyl (C=O) groups is 3. The molecule has 2 aromatic rings. The van der Waals surface area contributed by atoms with Crippen LogP contribution in [0.15, 0.2) is 22.8 Å². The minimum atomic E-state index is -0.551. The lowest BCUT2D eigenvalue weighted by atomic mass is 10.1. The van der Waals surface area contributed by atoms with Crippen molar-refractivity contribution < 1.29 is 23.5 Å². The number of thiophene rings is 1. The first-order valence-corrected chi connectivity index (χ1v) is 8.32. The van der Waals surface area contributed by atoms with Crippen molar-refractivity contribution in [2.75, 3.05) is 11.9 Å². The van der Waals surface area contributed by atoms with Gasteiger partial charge in [0, 0.05) is 4.88 Å². The number of nitrogens with two attached hydrogens (primary N) is 1. The number of anilines is 1. The standard InChI is InChI=1S/C16H16N2O5S/c17-12(19)6-8-23-16(21)13-9-3-1-5-11(9)24-15(13)18-14(20)10-4-2-7-22-10/h2,4,7H,1,3,5-6,8H2,(H2,17,19)(H,18,20). The summed E-state index contributed by atoms with van der Waals surface area (Å²) in [6, 6.07) is 3.16.